The molecule has 152 valence electrons. The van der Waals surface area contributed by atoms with Gasteiger partial charge in [0.15, 0.2) is 11.0 Å². The van der Waals surface area contributed by atoms with Crippen LogP contribution in [-0.4, -0.2) is 39.6 Å². The summed E-state index contributed by atoms with van der Waals surface area (Å²) in [5.41, 5.74) is 0.993. The number of ether oxygens (including phenoxy) is 1. The van der Waals surface area contributed by atoms with Crippen LogP contribution in [0.25, 0.3) is 11.4 Å². The molecule has 0 atom stereocenters. The summed E-state index contributed by atoms with van der Waals surface area (Å²) >= 11 is 1.46. The van der Waals surface area contributed by atoms with Crippen LogP contribution in [0.4, 0.5) is 0 Å². The van der Waals surface area contributed by atoms with Crippen LogP contribution >= 0.6 is 11.8 Å². The third-order valence-electron chi connectivity index (χ3n) is 4.92. The van der Waals surface area contributed by atoms with Gasteiger partial charge in [-0.15, -0.1) is 10.2 Å². The second-order valence-corrected chi connectivity index (χ2v) is 8.67. The molecule has 1 aliphatic carbocycles. The lowest BCUT2D eigenvalue weighted by Gasteiger charge is -2.22. The smallest absolute Gasteiger partial charge is 0.230 e. The molecule has 0 saturated heterocycles. The highest BCUT2D eigenvalue weighted by molar-refractivity contribution is 7.99. The second-order valence-electron chi connectivity index (χ2n) is 7.73. The summed E-state index contributed by atoms with van der Waals surface area (Å²) in [4.78, 5) is 12.4. The van der Waals surface area contributed by atoms with E-state index in [2.05, 4.69) is 33.9 Å². The molecule has 0 unspecified atom stereocenters. The molecule has 1 heterocycles. The average molecular weight is 403 g/mol. The van der Waals surface area contributed by atoms with Crippen molar-refractivity contribution < 1.29 is 9.53 Å². The molecule has 1 aliphatic rings. The van der Waals surface area contributed by atoms with Crippen LogP contribution in [0.1, 0.15) is 46.0 Å². The fraction of sp³-hybridized carbons (Fsp3) is 0.571. The molecular weight excluding hydrogens is 372 g/mol. The number of nitrogens with one attached hydrogen (secondary N) is 1. The minimum absolute atomic E-state index is 0.0852. The number of carbonyl (C=O) groups excluding carboxylic acids is 1. The normalized spacial score (nSPS) is 15.0. The van der Waals surface area contributed by atoms with E-state index in [-0.39, 0.29) is 5.91 Å². The number of rotatable bonds is 8. The second kappa shape index (κ2) is 9.96. The third kappa shape index (κ3) is 5.50. The summed E-state index contributed by atoms with van der Waals surface area (Å²) in [5.74, 6) is 2.54. The van der Waals surface area contributed by atoms with Crippen molar-refractivity contribution in [2.24, 2.45) is 5.92 Å². The lowest BCUT2D eigenvalue weighted by Crippen LogP contribution is -2.37. The van der Waals surface area contributed by atoms with Gasteiger partial charge in [-0.25, -0.2) is 0 Å². The van der Waals surface area contributed by atoms with E-state index in [1.807, 2.05) is 24.3 Å². The van der Waals surface area contributed by atoms with Gasteiger partial charge in [-0.05, 0) is 43.0 Å². The minimum Gasteiger partial charge on any atom is -0.497 e. The Labute approximate surface area is 171 Å². The van der Waals surface area contributed by atoms with Crippen LogP contribution in [0.15, 0.2) is 29.4 Å². The first-order valence-electron chi connectivity index (χ1n) is 10.1. The monoisotopic (exact) mass is 402 g/mol. The fourth-order valence-corrected chi connectivity index (χ4v) is 4.28. The summed E-state index contributed by atoms with van der Waals surface area (Å²) in [6.07, 6.45) is 5.91. The van der Waals surface area contributed by atoms with Gasteiger partial charge in [-0.1, -0.05) is 44.9 Å². The third-order valence-corrected chi connectivity index (χ3v) is 5.88. The van der Waals surface area contributed by atoms with E-state index in [9.17, 15) is 4.79 Å². The predicted octanol–water partition coefficient (Wildman–Crippen LogP) is 4.15. The highest BCUT2D eigenvalue weighted by Crippen LogP contribution is 2.27. The number of methoxy groups -OCH3 is 1. The van der Waals surface area contributed by atoms with Crippen molar-refractivity contribution in [3.05, 3.63) is 24.3 Å². The number of carbonyl (C=O) groups is 1. The standard InChI is InChI=1S/C21H30N4O2S/c1-15(2)13-25-20(16-9-11-18(27-3)12-10-16)23-24-21(25)28-14-19(26)22-17-7-5-4-6-8-17/h9-12,15,17H,4-8,13-14H2,1-3H3,(H,22,26). The van der Waals surface area contributed by atoms with Crippen molar-refractivity contribution in [3.8, 4) is 17.1 Å². The van der Waals surface area contributed by atoms with Crippen LogP contribution in [-0.2, 0) is 11.3 Å². The summed E-state index contributed by atoms with van der Waals surface area (Å²) in [6, 6.07) is 8.17. The van der Waals surface area contributed by atoms with Gasteiger partial charge >= 0.3 is 0 Å². The lowest BCUT2D eigenvalue weighted by molar-refractivity contribution is -0.119. The molecule has 1 amide bonds. The Morgan fingerprint density at radius 3 is 2.57 bits per heavy atom. The van der Waals surface area contributed by atoms with E-state index < -0.39 is 0 Å². The van der Waals surface area contributed by atoms with Crippen molar-refractivity contribution in [2.75, 3.05) is 12.9 Å². The molecule has 0 radical (unpaired) electrons. The van der Waals surface area contributed by atoms with Crippen molar-refractivity contribution in [1.29, 1.82) is 0 Å². The van der Waals surface area contributed by atoms with Gasteiger partial charge in [0.05, 0.1) is 12.9 Å². The van der Waals surface area contributed by atoms with Gasteiger partial charge in [0.25, 0.3) is 0 Å². The molecule has 0 aliphatic heterocycles. The summed E-state index contributed by atoms with van der Waals surface area (Å²) in [5, 5.41) is 12.7. The minimum atomic E-state index is 0.0852. The van der Waals surface area contributed by atoms with E-state index in [1.54, 1.807) is 7.11 Å². The number of benzene rings is 1. The molecule has 3 rings (SSSR count). The number of nitrogens with zero attached hydrogens (tertiary/aromatic N) is 3. The number of hydrogen-bond acceptors (Lipinski definition) is 5. The Balaban J connectivity index is 1.69. The first-order chi connectivity index (χ1) is 13.6. The van der Waals surface area contributed by atoms with Crippen molar-refractivity contribution in [1.82, 2.24) is 20.1 Å². The highest BCUT2D eigenvalue weighted by atomic mass is 32.2. The Kier molecular flexibility index (Phi) is 7.36. The molecule has 1 saturated carbocycles. The van der Waals surface area contributed by atoms with Gasteiger partial charge in [-0.2, -0.15) is 0 Å². The van der Waals surface area contributed by atoms with Crippen LogP contribution in [0, 0.1) is 5.92 Å². The first kappa shape index (κ1) is 20.7. The van der Waals surface area contributed by atoms with E-state index in [0.29, 0.717) is 17.7 Å². The average Bonchev–Trinajstić information content (AvgIpc) is 3.09. The zero-order chi connectivity index (χ0) is 19.9. The maximum Gasteiger partial charge on any atom is 0.230 e. The molecule has 1 N–H and O–H groups in total. The van der Waals surface area contributed by atoms with E-state index >= 15 is 0 Å². The fourth-order valence-electron chi connectivity index (χ4n) is 3.53. The molecule has 0 spiro atoms. The van der Waals surface area contributed by atoms with Gasteiger partial charge < -0.3 is 14.6 Å². The maximum absolute atomic E-state index is 12.4. The molecule has 7 heteroatoms. The topological polar surface area (TPSA) is 69.0 Å². The quantitative estimate of drug-likeness (QED) is 0.672. The van der Waals surface area contributed by atoms with E-state index in [0.717, 1.165) is 41.7 Å². The highest BCUT2D eigenvalue weighted by Gasteiger charge is 2.19. The Morgan fingerprint density at radius 1 is 1.21 bits per heavy atom. The van der Waals surface area contributed by atoms with Gasteiger partial charge in [0, 0.05) is 18.2 Å². The predicted molar refractivity (Wildman–Crippen MR) is 113 cm³/mol. The molecule has 6 nitrogen and oxygen atoms in total. The summed E-state index contributed by atoms with van der Waals surface area (Å²) < 4.78 is 7.36. The van der Waals surface area contributed by atoms with Crippen LogP contribution in [0.3, 0.4) is 0 Å². The Morgan fingerprint density at radius 2 is 1.93 bits per heavy atom. The van der Waals surface area contributed by atoms with Crippen molar-refractivity contribution >= 4 is 17.7 Å². The molecule has 2 aromatic rings. The van der Waals surface area contributed by atoms with Gasteiger partial charge in [0.1, 0.15) is 5.75 Å². The van der Waals surface area contributed by atoms with Crippen molar-refractivity contribution in [2.45, 2.75) is 63.7 Å². The Bertz CT molecular complexity index is 767. The summed E-state index contributed by atoms with van der Waals surface area (Å²) in [6.45, 7) is 5.14. The molecule has 28 heavy (non-hydrogen) atoms. The molecular formula is C21H30N4O2S. The largest absolute Gasteiger partial charge is 0.497 e. The molecule has 1 fully saturated rings. The van der Waals surface area contributed by atoms with Gasteiger partial charge in [-0.3, -0.25) is 4.79 Å². The molecule has 1 aromatic carbocycles. The zero-order valence-corrected chi connectivity index (χ0v) is 17.8. The SMILES string of the molecule is COc1ccc(-c2nnc(SCC(=O)NC3CCCCC3)n2CC(C)C)cc1. The number of hydrogen-bond donors (Lipinski definition) is 1. The maximum atomic E-state index is 12.4. The van der Waals surface area contributed by atoms with Gasteiger partial charge in [0.2, 0.25) is 5.91 Å². The lowest BCUT2D eigenvalue weighted by atomic mass is 9.95. The first-order valence-corrected chi connectivity index (χ1v) is 11.0. The zero-order valence-electron chi connectivity index (χ0n) is 17.0. The van der Waals surface area contributed by atoms with Crippen LogP contribution < -0.4 is 10.1 Å². The number of thioether (sulfide) groups is 1. The molecule has 1 aromatic heterocycles. The van der Waals surface area contributed by atoms with Crippen molar-refractivity contribution in [3.63, 3.8) is 0 Å². The number of amides is 1. The van der Waals surface area contributed by atoms with Crippen LogP contribution in [0.2, 0.25) is 0 Å². The van der Waals surface area contributed by atoms with E-state index in [1.165, 1.54) is 31.0 Å². The Hall–Kier alpha value is -2.02. The molecule has 0 bridgehead atoms. The number of aromatic nitrogens is 3. The summed E-state index contributed by atoms with van der Waals surface area (Å²) in [7, 11) is 1.66. The van der Waals surface area contributed by atoms with Crippen LogP contribution in [0.5, 0.6) is 5.75 Å². The van der Waals surface area contributed by atoms with E-state index in [4.69, 9.17) is 4.74 Å².